The predicted octanol–water partition coefficient (Wildman–Crippen LogP) is 4.86. The number of esters is 1. The molecule has 0 aliphatic rings. The molecule has 4 aromatic rings. The van der Waals surface area contributed by atoms with Gasteiger partial charge in [-0.15, -0.1) is 0 Å². The van der Waals surface area contributed by atoms with Crippen LogP contribution in [-0.4, -0.2) is 27.3 Å². The molecule has 0 N–H and O–H groups in total. The Labute approximate surface area is 189 Å². The number of furan rings is 1. The minimum atomic E-state index is -0.805. The highest BCUT2D eigenvalue weighted by atomic mass is 16.5. The van der Waals surface area contributed by atoms with Crippen molar-refractivity contribution >= 4 is 16.9 Å². The van der Waals surface area contributed by atoms with E-state index in [2.05, 4.69) is 0 Å². The van der Waals surface area contributed by atoms with Gasteiger partial charge in [-0.05, 0) is 48.4 Å². The van der Waals surface area contributed by atoms with Gasteiger partial charge in [0.15, 0.2) is 17.3 Å². The average molecular weight is 450 g/mol. The van der Waals surface area contributed by atoms with E-state index in [0.717, 1.165) is 12.0 Å². The number of carbonyl (C=O) groups excluding carboxylic acids is 1. The molecule has 4 rings (SSSR count). The lowest BCUT2D eigenvalue weighted by atomic mass is 10.1. The van der Waals surface area contributed by atoms with Gasteiger partial charge in [0, 0.05) is 0 Å². The molecule has 8 nitrogen and oxygen atoms in total. The fraction of sp³-hybridized carbons (Fsp3) is 0.200. The molecule has 8 heteroatoms. The summed E-state index contributed by atoms with van der Waals surface area (Å²) >= 11 is 0. The molecule has 0 aliphatic carbocycles. The maximum absolute atomic E-state index is 13.4. The second-order valence-corrected chi connectivity index (χ2v) is 7.05. The van der Waals surface area contributed by atoms with Crippen LogP contribution in [0.1, 0.15) is 22.8 Å². The van der Waals surface area contributed by atoms with Gasteiger partial charge in [-0.3, -0.25) is 4.79 Å². The molecule has 2 heterocycles. The number of hydrogen-bond acceptors (Lipinski definition) is 8. The first-order valence-corrected chi connectivity index (χ1v) is 10.2. The summed E-state index contributed by atoms with van der Waals surface area (Å²) in [5.74, 6) is 0.0557. The second kappa shape index (κ2) is 9.12. The smallest absolute Gasteiger partial charge is 0.344 e. The quantitative estimate of drug-likeness (QED) is 0.368. The Balaban J connectivity index is 1.86. The van der Waals surface area contributed by atoms with E-state index in [4.69, 9.17) is 27.8 Å². The molecule has 0 saturated heterocycles. The molecular weight excluding hydrogens is 428 g/mol. The van der Waals surface area contributed by atoms with Crippen molar-refractivity contribution in [3.8, 4) is 34.5 Å². The Morgan fingerprint density at radius 2 is 1.67 bits per heavy atom. The molecule has 0 amide bonds. The first-order valence-electron chi connectivity index (χ1n) is 10.2. The van der Waals surface area contributed by atoms with E-state index in [0.29, 0.717) is 16.7 Å². The van der Waals surface area contributed by atoms with Crippen molar-refractivity contribution in [3.63, 3.8) is 0 Å². The van der Waals surface area contributed by atoms with Crippen LogP contribution in [0.4, 0.5) is 0 Å². The van der Waals surface area contributed by atoms with Crippen LogP contribution in [0.3, 0.4) is 0 Å². The highest BCUT2D eigenvalue weighted by Crippen LogP contribution is 2.39. The van der Waals surface area contributed by atoms with E-state index >= 15 is 0 Å². The molecule has 0 bridgehead atoms. The number of ether oxygens (including phenoxy) is 4. The van der Waals surface area contributed by atoms with Crippen molar-refractivity contribution < 1.29 is 32.6 Å². The Morgan fingerprint density at radius 3 is 2.24 bits per heavy atom. The third-order valence-corrected chi connectivity index (χ3v) is 5.16. The molecule has 0 fully saturated rings. The fourth-order valence-corrected chi connectivity index (χ4v) is 3.46. The zero-order valence-corrected chi connectivity index (χ0v) is 18.6. The Morgan fingerprint density at radius 1 is 0.939 bits per heavy atom. The highest BCUT2D eigenvalue weighted by molar-refractivity contribution is 5.94. The zero-order chi connectivity index (χ0) is 23.5. The number of fused-ring (bicyclic) bond motifs is 1. The van der Waals surface area contributed by atoms with Crippen molar-refractivity contribution in [2.75, 3.05) is 21.3 Å². The SMILES string of the molecule is CCc1ccc2oc(-c3ccco3)c(OC(=O)c3cc(OC)c(OC)c(OC)c3)c(=O)c2c1. The summed E-state index contributed by atoms with van der Waals surface area (Å²) in [6.45, 7) is 1.98. The number of aryl methyl sites for hydroxylation is 1. The fourth-order valence-electron chi connectivity index (χ4n) is 3.46. The molecule has 2 aromatic heterocycles. The Bertz CT molecular complexity index is 1340. The van der Waals surface area contributed by atoms with Gasteiger partial charge in [0.05, 0.1) is 38.5 Å². The maximum Gasteiger partial charge on any atom is 0.344 e. The third-order valence-electron chi connectivity index (χ3n) is 5.16. The van der Waals surface area contributed by atoms with Gasteiger partial charge in [0.1, 0.15) is 5.58 Å². The van der Waals surface area contributed by atoms with E-state index in [1.54, 1.807) is 24.3 Å². The predicted molar refractivity (Wildman–Crippen MR) is 121 cm³/mol. The highest BCUT2D eigenvalue weighted by Gasteiger charge is 2.25. The van der Waals surface area contributed by atoms with Gasteiger partial charge in [-0.2, -0.15) is 0 Å². The molecule has 33 heavy (non-hydrogen) atoms. The largest absolute Gasteiger partial charge is 0.493 e. The van der Waals surface area contributed by atoms with Gasteiger partial charge in [0.25, 0.3) is 0 Å². The van der Waals surface area contributed by atoms with Crippen LogP contribution in [0.15, 0.2) is 62.4 Å². The van der Waals surface area contributed by atoms with Crippen molar-refractivity contribution in [2.24, 2.45) is 0 Å². The topological polar surface area (TPSA) is 97.3 Å². The van der Waals surface area contributed by atoms with Crippen LogP contribution in [0.25, 0.3) is 22.5 Å². The maximum atomic E-state index is 13.4. The van der Waals surface area contributed by atoms with Crippen molar-refractivity contribution in [1.82, 2.24) is 0 Å². The van der Waals surface area contributed by atoms with Crippen molar-refractivity contribution in [3.05, 3.63) is 70.1 Å². The summed E-state index contributed by atoms with van der Waals surface area (Å²) in [7, 11) is 4.33. The molecule has 0 radical (unpaired) electrons. The summed E-state index contributed by atoms with van der Waals surface area (Å²) in [5.41, 5.74) is 0.911. The van der Waals surface area contributed by atoms with Crippen molar-refractivity contribution in [2.45, 2.75) is 13.3 Å². The molecule has 0 saturated carbocycles. The lowest BCUT2D eigenvalue weighted by Gasteiger charge is -2.14. The molecular formula is C25H22O8. The van der Waals surface area contributed by atoms with Gasteiger partial charge in [-0.1, -0.05) is 13.0 Å². The molecule has 170 valence electrons. The summed E-state index contributed by atoms with van der Waals surface area (Å²) < 4.78 is 32.8. The first-order chi connectivity index (χ1) is 16.0. The van der Waals surface area contributed by atoms with Crippen LogP contribution >= 0.6 is 0 Å². The van der Waals surface area contributed by atoms with E-state index in [1.165, 1.54) is 39.7 Å². The summed E-state index contributed by atoms with van der Waals surface area (Å²) in [6.07, 6.45) is 2.17. The number of hydrogen-bond donors (Lipinski definition) is 0. The van der Waals surface area contributed by atoms with Gasteiger partial charge < -0.3 is 27.8 Å². The van der Waals surface area contributed by atoms with E-state index in [-0.39, 0.29) is 34.3 Å². The summed E-state index contributed by atoms with van der Waals surface area (Å²) in [4.78, 5) is 26.5. The number of methoxy groups -OCH3 is 3. The molecule has 0 spiro atoms. The minimum Gasteiger partial charge on any atom is -0.493 e. The first kappa shape index (κ1) is 22.0. The number of rotatable bonds is 7. The molecule has 2 aromatic carbocycles. The number of carbonyl (C=O) groups is 1. The van der Waals surface area contributed by atoms with E-state index < -0.39 is 11.4 Å². The van der Waals surface area contributed by atoms with E-state index in [1.807, 2.05) is 13.0 Å². The molecule has 0 atom stereocenters. The minimum absolute atomic E-state index is 0.0162. The van der Waals surface area contributed by atoms with Crippen molar-refractivity contribution in [1.29, 1.82) is 0 Å². The Hall–Kier alpha value is -4.20. The molecule has 0 aliphatic heterocycles. The summed E-state index contributed by atoms with van der Waals surface area (Å²) in [5, 5.41) is 0.303. The lowest BCUT2D eigenvalue weighted by Crippen LogP contribution is -2.16. The van der Waals surface area contributed by atoms with Crippen LogP contribution in [-0.2, 0) is 6.42 Å². The second-order valence-electron chi connectivity index (χ2n) is 7.05. The van der Waals surface area contributed by atoms with E-state index in [9.17, 15) is 9.59 Å². The van der Waals surface area contributed by atoms with Crippen LogP contribution in [0.5, 0.6) is 23.0 Å². The number of benzene rings is 2. The summed E-state index contributed by atoms with van der Waals surface area (Å²) in [6, 6.07) is 11.4. The normalized spacial score (nSPS) is 10.8. The third kappa shape index (κ3) is 4.03. The van der Waals surface area contributed by atoms with Gasteiger partial charge in [-0.25, -0.2) is 4.79 Å². The zero-order valence-electron chi connectivity index (χ0n) is 18.6. The van der Waals surface area contributed by atoms with Crippen LogP contribution in [0.2, 0.25) is 0 Å². The standard InChI is InChI=1S/C25H22O8/c1-5-14-8-9-17-16(11-14)21(26)24(23(32-17)18-7-6-10-31-18)33-25(27)15-12-19(28-2)22(30-4)20(13-15)29-3/h6-13H,5H2,1-4H3. The van der Waals surface area contributed by atoms with Gasteiger partial charge >= 0.3 is 5.97 Å². The Kier molecular flexibility index (Phi) is 6.08. The van der Waals surface area contributed by atoms with Gasteiger partial charge in [0.2, 0.25) is 22.7 Å². The van der Waals surface area contributed by atoms with Crippen LogP contribution in [0, 0.1) is 0 Å². The lowest BCUT2D eigenvalue weighted by molar-refractivity contribution is 0.0730. The average Bonchev–Trinajstić information content (AvgIpc) is 3.39. The molecule has 0 unspecified atom stereocenters. The monoisotopic (exact) mass is 450 g/mol. The van der Waals surface area contributed by atoms with Crippen LogP contribution < -0.4 is 24.4 Å².